The van der Waals surface area contributed by atoms with Gasteiger partial charge in [0.15, 0.2) is 0 Å². The third kappa shape index (κ3) is 5.69. The summed E-state index contributed by atoms with van der Waals surface area (Å²) in [6.07, 6.45) is -4.74. The van der Waals surface area contributed by atoms with Crippen LogP contribution in [0.3, 0.4) is 0 Å². The lowest BCUT2D eigenvalue weighted by Crippen LogP contribution is -2.19. The van der Waals surface area contributed by atoms with Gasteiger partial charge in [-0.05, 0) is 23.9 Å². The highest BCUT2D eigenvalue weighted by molar-refractivity contribution is 8.00. The molecule has 0 unspecified atom stereocenters. The van der Waals surface area contributed by atoms with Crippen LogP contribution in [0.4, 0.5) is 32.2 Å². The number of nitrogens with one attached hydrogen (secondary N) is 1. The third-order valence-corrected chi connectivity index (χ3v) is 2.85. The molecule has 3 N–H and O–H groups in total. The fourth-order valence-electron chi connectivity index (χ4n) is 1.29. The number of aromatic nitrogens is 1. The second kappa shape index (κ2) is 6.41. The Morgan fingerprint density at radius 2 is 1.86 bits per heavy atom. The molecular weight excluding hydrogens is 324 g/mol. The number of hydrogen-bond donors (Lipinski definition) is 2. The average molecular weight is 333 g/mol. The molecule has 1 amide bonds. The van der Waals surface area contributed by atoms with Crippen LogP contribution in [-0.4, -0.2) is 28.7 Å². The van der Waals surface area contributed by atoms with Gasteiger partial charge in [-0.25, -0.2) is 4.98 Å². The summed E-state index contributed by atoms with van der Waals surface area (Å²) in [7, 11) is 0. The van der Waals surface area contributed by atoms with Gasteiger partial charge in [-0.15, -0.1) is 0 Å². The Bertz CT molecular complexity index is 516. The van der Waals surface area contributed by atoms with Gasteiger partial charge in [0.1, 0.15) is 11.5 Å². The minimum atomic E-state index is -4.74. The lowest BCUT2D eigenvalue weighted by atomic mass is 10.2. The largest absolute Gasteiger partial charge is 0.441 e. The molecule has 0 fully saturated rings. The van der Waals surface area contributed by atoms with Gasteiger partial charge < -0.3 is 11.1 Å². The first-order valence-electron chi connectivity index (χ1n) is 5.33. The van der Waals surface area contributed by atoms with Crippen LogP contribution in [-0.2, 0) is 6.18 Å². The van der Waals surface area contributed by atoms with Gasteiger partial charge in [0.25, 0.3) is 5.91 Å². The highest BCUT2D eigenvalue weighted by Gasteiger charge is 2.33. The van der Waals surface area contributed by atoms with Crippen LogP contribution in [0.2, 0.25) is 0 Å². The van der Waals surface area contributed by atoms with E-state index < -0.39 is 34.9 Å². The monoisotopic (exact) mass is 333 g/mol. The number of anilines is 1. The summed E-state index contributed by atoms with van der Waals surface area (Å²) < 4.78 is 73.2. The molecule has 1 rings (SSSR count). The number of primary amides is 1. The Labute approximate surface area is 119 Å². The van der Waals surface area contributed by atoms with E-state index in [0.29, 0.717) is 6.07 Å². The van der Waals surface area contributed by atoms with Crippen LogP contribution < -0.4 is 11.1 Å². The molecule has 0 aromatic carbocycles. The fourth-order valence-corrected chi connectivity index (χ4v) is 1.72. The summed E-state index contributed by atoms with van der Waals surface area (Å²) in [5, 5.41) is 2.25. The summed E-state index contributed by atoms with van der Waals surface area (Å²) in [6, 6.07) is 1.38. The predicted molar refractivity (Wildman–Crippen MR) is 64.8 cm³/mol. The molecule has 0 bridgehead atoms. The van der Waals surface area contributed by atoms with Crippen LogP contribution in [0.25, 0.3) is 0 Å². The van der Waals surface area contributed by atoms with Crippen molar-refractivity contribution in [2.24, 2.45) is 5.73 Å². The van der Waals surface area contributed by atoms with Gasteiger partial charge in [-0.1, -0.05) is 0 Å². The van der Waals surface area contributed by atoms with Crippen molar-refractivity contribution in [3.05, 3.63) is 23.4 Å². The Kier molecular flexibility index (Phi) is 5.31. The number of thioether (sulfide) groups is 1. The molecule has 4 nitrogen and oxygen atoms in total. The van der Waals surface area contributed by atoms with E-state index in [9.17, 15) is 31.1 Å². The van der Waals surface area contributed by atoms with Crippen LogP contribution in [0.1, 0.15) is 16.1 Å². The number of pyridine rings is 1. The number of carbonyl (C=O) groups is 1. The van der Waals surface area contributed by atoms with E-state index >= 15 is 0 Å². The lowest BCUT2D eigenvalue weighted by Gasteiger charge is -2.12. The first-order valence-corrected chi connectivity index (χ1v) is 6.32. The molecule has 0 saturated heterocycles. The Balaban J connectivity index is 2.85. The van der Waals surface area contributed by atoms with Gasteiger partial charge in [0, 0.05) is 12.3 Å². The van der Waals surface area contributed by atoms with Crippen molar-refractivity contribution in [1.29, 1.82) is 0 Å². The Morgan fingerprint density at radius 3 is 2.33 bits per heavy atom. The molecule has 0 aliphatic rings. The standard InChI is InChI=1S/C10H9F6N3OS/c11-9(12,13)6-2-1-5(7(17)20)8(19-6)18-3-4-21-10(14,15)16/h1-2H,3-4H2,(H2,17,20)(H,18,19). The molecule has 0 spiro atoms. The van der Waals surface area contributed by atoms with E-state index in [-0.39, 0.29) is 23.9 Å². The van der Waals surface area contributed by atoms with Crippen molar-refractivity contribution in [3.8, 4) is 0 Å². The van der Waals surface area contributed by atoms with E-state index in [0.717, 1.165) is 6.07 Å². The van der Waals surface area contributed by atoms with Crippen LogP contribution >= 0.6 is 11.8 Å². The molecular formula is C10H9F6N3OS. The maximum absolute atomic E-state index is 12.5. The molecule has 0 aliphatic carbocycles. The molecule has 21 heavy (non-hydrogen) atoms. The predicted octanol–water partition coefficient (Wildman–Crippen LogP) is 2.86. The SMILES string of the molecule is NC(=O)c1ccc(C(F)(F)F)nc1NCCSC(F)(F)F. The van der Waals surface area contributed by atoms with Crippen molar-refractivity contribution in [1.82, 2.24) is 4.98 Å². The van der Waals surface area contributed by atoms with Gasteiger partial charge in [-0.3, -0.25) is 4.79 Å². The van der Waals surface area contributed by atoms with Gasteiger partial charge in [-0.2, -0.15) is 26.3 Å². The van der Waals surface area contributed by atoms with Crippen LogP contribution in [0, 0.1) is 0 Å². The molecule has 11 heteroatoms. The number of carbonyl (C=O) groups excluding carboxylic acids is 1. The number of hydrogen-bond acceptors (Lipinski definition) is 4. The maximum Gasteiger partial charge on any atom is 0.441 e. The zero-order valence-corrected chi connectivity index (χ0v) is 11.0. The van der Waals surface area contributed by atoms with E-state index in [1.807, 2.05) is 0 Å². The van der Waals surface area contributed by atoms with Gasteiger partial charge >= 0.3 is 11.7 Å². The molecule has 0 radical (unpaired) electrons. The molecule has 1 aromatic rings. The summed E-state index contributed by atoms with van der Waals surface area (Å²) >= 11 is -0.352. The third-order valence-electron chi connectivity index (χ3n) is 2.11. The van der Waals surface area contributed by atoms with Crippen molar-refractivity contribution < 1.29 is 31.1 Å². The van der Waals surface area contributed by atoms with Crippen molar-refractivity contribution in [2.45, 2.75) is 11.7 Å². The second-order valence-electron chi connectivity index (χ2n) is 3.68. The number of nitrogens with two attached hydrogens (primary N) is 1. The lowest BCUT2D eigenvalue weighted by molar-refractivity contribution is -0.141. The molecule has 1 heterocycles. The highest BCUT2D eigenvalue weighted by Crippen LogP contribution is 2.31. The summed E-state index contributed by atoms with van der Waals surface area (Å²) in [6.45, 7) is -0.335. The molecule has 118 valence electrons. The Hall–Kier alpha value is -1.65. The van der Waals surface area contributed by atoms with E-state index in [1.165, 1.54) is 0 Å². The summed E-state index contributed by atoms with van der Waals surface area (Å²) in [4.78, 5) is 14.2. The van der Waals surface area contributed by atoms with E-state index in [4.69, 9.17) is 5.73 Å². The van der Waals surface area contributed by atoms with Crippen LogP contribution in [0.5, 0.6) is 0 Å². The van der Waals surface area contributed by atoms with Crippen molar-refractivity contribution in [3.63, 3.8) is 0 Å². The van der Waals surface area contributed by atoms with E-state index in [2.05, 4.69) is 10.3 Å². The van der Waals surface area contributed by atoms with Gasteiger partial charge in [0.05, 0.1) is 5.56 Å². The minimum Gasteiger partial charge on any atom is -0.369 e. The number of nitrogens with zero attached hydrogens (tertiary/aromatic N) is 1. The zero-order chi connectivity index (χ0) is 16.3. The summed E-state index contributed by atoms with van der Waals surface area (Å²) in [5.41, 5.74) is -1.10. The highest BCUT2D eigenvalue weighted by atomic mass is 32.2. The topological polar surface area (TPSA) is 68.0 Å². The zero-order valence-electron chi connectivity index (χ0n) is 10.2. The van der Waals surface area contributed by atoms with Crippen LogP contribution in [0.15, 0.2) is 12.1 Å². The normalized spacial score (nSPS) is 12.3. The van der Waals surface area contributed by atoms with Crippen molar-refractivity contribution in [2.75, 3.05) is 17.6 Å². The smallest absolute Gasteiger partial charge is 0.369 e. The van der Waals surface area contributed by atoms with E-state index in [1.54, 1.807) is 0 Å². The molecule has 1 aromatic heterocycles. The average Bonchev–Trinajstić information content (AvgIpc) is 2.32. The second-order valence-corrected chi connectivity index (χ2v) is 4.84. The number of amides is 1. The molecule has 0 saturated carbocycles. The fraction of sp³-hybridized carbons (Fsp3) is 0.400. The minimum absolute atomic E-state index is 0.333. The summed E-state index contributed by atoms with van der Waals surface area (Å²) in [5.74, 6) is -2.00. The first kappa shape index (κ1) is 17.4. The number of alkyl halides is 6. The maximum atomic E-state index is 12.5. The number of rotatable bonds is 5. The Morgan fingerprint density at radius 1 is 1.24 bits per heavy atom. The van der Waals surface area contributed by atoms with Crippen molar-refractivity contribution >= 4 is 23.5 Å². The quantitative estimate of drug-likeness (QED) is 0.642. The molecule has 0 atom stereocenters. The van der Waals surface area contributed by atoms with Gasteiger partial charge in [0.2, 0.25) is 0 Å². The molecule has 0 aliphatic heterocycles. The number of halogens is 6. The first-order chi connectivity index (χ1) is 9.50.